The molecule has 3 heterocycles. The second-order valence-corrected chi connectivity index (χ2v) is 8.52. The first-order chi connectivity index (χ1) is 13.2. The topological polar surface area (TPSA) is 57.0 Å². The number of hydrogen-bond donors (Lipinski definition) is 0. The van der Waals surface area contributed by atoms with Gasteiger partial charge in [-0.05, 0) is 42.8 Å². The SMILES string of the molecule is CCN(CC)c1cc(-c2cccs2)nc(SCC(=O)c2cccs2)c1C#N. The van der Waals surface area contributed by atoms with E-state index in [0.717, 1.165) is 34.2 Å². The minimum Gasteiger partial charge on any atom is -0.371 e. The summed E-state index contributed by atoms with van der Waals surface area (Å²) in [5, 5.41) is 14.3. The third-order valence-corrected chi connectivity index (χ3v) is 6.87. The van der Waals surface area contributed by atoms with Gasteiger partial charge in [-0.1, -0.05) is 23.9 Å². The van der Waals surface area contributed by atoms with E-state index in [2.05, 4.69) is 24.8 Å². The fourth-order valence-corrected chi connectivity index (χ4v) is 5.05. The van der Waals surface area contributed by atoms with Crippen LogP contribution in [0, 0.1) is 11.3 Å². The molecule has 0 N–H and O–H groups in total. The number of rotatable bonds is 8. The van der Waals surface area contributed by atoms with Crippen LogP contribution in [-0.2, 0) is 0 Å². The number of thiophene rings is 2. The fraction of sp³-hybridized carbons (Fsp3) is 0.250. The van der Waals surface area contributed by atoms with Crippen molar-refractivity contribution in [2.24, 2.45) is 0 Å². The predicted octanol–water partition coefficient (Wildman–Crippen LogP) is 5.56. The summed E-state index contributed by atoms with van der Waals surface area (Å²) in [5.74, 6) is 0.333. The Morgan fingerprint density at radius 1 is 1.22 bits per heavy atom. The molecule has 0 saturated carbocycles. The van der Waals surface area contributed by atoms with Gasteiger partial charge in [0.15, 0.2) is 5.78 Å². The number of nitrogens with zero attached hydrogens (tertiary/aromatic N) is 3. The lowest BCUT2D eigenvalue weighted by atomic mass is 10.2. The Balaban J connectivity index is 1.99. The van der Waals surface area contributed by atoms with Gasteiger partial charge >= 0.3 is 0 Å². The number of ketones is 1. The minimum absolute atomic E-state index is 0.0617. The number of hydrogen-bond acceptors (Lipinski definition) is 7. The van der Waals surface area contributed by atoms with E-state index >= 15 is 0 Å². The molecule has 0 amide bonds. The van der Waals surface area contributed by atoms with E-state index < -0.39 is 0 Å². The molecule has 0 aliphatic rings. The first kappa shape index (κ1) is 19.6. The van der Waals surface area contributed by atoms with Gasteiger partial charge in [-0.25, -0.2) is 4.98 Å². The first-order valence-electron chi connectivity index (χ1n) is 8.61. The van der Waals surface area contributed by atoms with Crippen LogP contribution in [0.15, 0.2) is 46.1 Å². The monoisotopic (exact) mass is 413 g/mol. The van der Waals surface area contributed by atoms with Crippen molar-refractivity contribution in [1.82, 2.24) is 4.98 Å². The Bertz CT molecular complexity index is 940. The number of carbonyl (C=O) groups excluding carboxylic acids is 1. The Morgan fingerprint density at radius 3 is 2.56 bits per heavy atom. The molecule has 0 atom stereocenters. The summed E-state index contributed by atoms with van der Waals surface area (Å²) in [5.41, 5.74) is 2.27. The van der Waals surface area contributed by atoms with E-state index in [1.165, 1.54) is 23.1 Å². The Labute approximate surface area is 171 Å². The van der Waals surface area contributed by atoms with Crippen molar-refractivity contribution in [2.75, 3.05) is 23.7 Å². The van der Waals surface area contributed by atoms with Crippen molar-refractivity contribution in [2.45, 2.75) is 18.9 Å². The van der Waals surface area contributed by atoms with Gasteiger partial charge in [-0.15, -0.1) is 22.7 Å². The molecular formula is C20H19N3OS3. The molecule has 3 rings (SSSR count). The molecule has 7 heteroatoms. The Hall–Kier alpha value is -2.14. The van der Waals surface area contributed by atoms with E-state index in [1.54, 1.807) is 11.3 Å². The van der Waals surface area contributed by atoms with Gasteiger partial charge in [0.1, 0.15) is 16.7 Å². The summed E-state index contributed by atoms with van der Waals surface area (Å²) in [6, 6.07) is 12.0. The first-order valence-corrected chi connectivity index (χ1v) is 11.4. The van der Waals surface area contributed by atoms with Crippen LogP contribution in [-0.4, -0.2) is 29.6 Å². The minimum atomic E-state index is 0.0617. The maximum Gasteiger partial charge on any atom is 0.183 e. The van der Waals surface area contributed by atoms with Crippen molar-refractivity contribution in [3.8, 4) is 16.6 Å². The Morgan fingerprint density at radius 2 is 1.96 bits per heavy atom. The van der Waals surface area contributed by atoms with Crippen LogP contribution in [0.1, 0.15) is 29.1 Å². The smallest absolute Gasteiger partial charge is 0.183 e. The molecule has 0 unspecified atom stereocenters. The van der Waals surface area contributed by atoms with Crippen molar-refractivity contribution >= 4 is 45.9 Å². The third kappa shape index (κ3) is 4.41. The van der Waals surface area contributed by atoms with Gasteiger partial charge < -0.3 is 4.90 Å². The van der Waals surface area contributed by atoms with E-state index in [9.17, 15) is 10.1 Å². The number of aromatic nitrogens is 1. The summed E-state index contributed by atoms with van der Waals surface area (Å²) in [6.45, 7) is 5.75. The zero-order chi connectivity index (χ0) is 19.2. The zero-order valence-electron chi connectivity index (χ0n) is 15.1. The normalized spacial score (nSPS) is 10.6. The average molecular weight is 414 g/mol. The van der Waals surface area contributed by atoms with Gasteiger partial charge in [-0.2, -0.15) is 5.26 Å². The highest BCUT2D eigenvalue weighted by molar-refractivity contribution is 8.00. The van der Waals surface area contributed by atoms with Crippen molar-refractivity contribution < 1.29 is 4.79 Å². The summed E-state index contributed by atoms with van der Waals surface area (Å²) in [6.07, 6.45) is 0. The predicted molar refractivity (Wildman–Crippen MR) is 115 cm³/mol. The number of Topliss-reactive ketones (excluding diaryl/α,β-unsaturated/α-hetero) is 1. The second kappa shape index (κ2) is 9.18. The van der Waals surface area contributed by atoms with Gasteiger partial charge in [-0.3, -0.25) is 4.79 Å². The third-order valence-electron chi connectivity index (χ3n) is 4.09. The number of carbonyl (C=O) groups is 1. The lowest BCUT2D eigenvalue weighted by Gasteiger charge is -2.23. The molecule has 0 aliphatic carbocycles. The van der Waals surface area contributed by atoms with Crippen LogP contribution in [0.2, 0.25) is 0 Å². The van der Waals surface area contributed by atoms with E-state index in [0.29, 0.717) is 10.6 Å². The molecule has 0 radical (unpaired) electrons. The molecule has 0 bridgehead atoms. The summed E-state index contributed by atoms with van der Waals surface area (Å²) < 4.78 is 0. The lowest BCUT2D eigenvalue weighted by molar-refractivity contribution is 0.102. The average Bonchev–Trinajstić information content (AvgIpc) is 3.40. The molecule has 3 aromatic rings. The van der Waals surface area contributed by atoms with Crippen molar-refractivity contribution in [1.29, 1.82) is 5.26 Å². The van der Waals surface area contributed by atoms with Gasteiger partial charge in [0, 0.05) is 13.1 Å². The van der Waals surface area contributed by atoms with Crippen molar-refractivity contribution in [3.05, 3.63) is 51.5 Å². The highest BCUT2D eigenvalue weighted by Gasteiger charge is 2.19. The number of nitriles is 1. The molecule has 138 valence electrons. The molecule has 0 spiro atoms. The lowest BCUT2D eigenvalue weighted by Crippen LogP contribution is -2.23. The molecule has 3 aromatic heterocycles. The Kier molecular flexibility index (Phi) is 6.67. The summed E-state index contributed by atoms with van der Waals surface area (Å²) in [7, 11) is 0. The number of pyridine rings is 1. The van der Waals surface area contributed by atoms with Crippen LogP contribution in [0.25, 0.3) is 10.6 Å². The van der Waals surface area contributed by atoms with Gasteiger partial charge in [0.2, 0.25) is 0 Å². The fourth-order valence-electron chi connectivity index (χ4n) is 2.72. The van der Waals surface area contributed by atoms with Crippen LogP contribution in [0.3, 0.4) is 0 Å². The molecule has 4 nitrogen and oxygen atoms in total. The highest BCUT2D eigenvalue weighted by atomic mass is 32.2. The molecule has 0 saturated heterocycles. The maximum atomic E-state index is 12.4. The molecule has 0 aromatic carbocycles. The van der Waals surface area contributed by atoms with Crippen molar-refractivity contribution in [3.63, 3.8) is 0 Å². The quantitative estimate of drug-likeness (QED) is 0.357. The molecule has 27 heavy (non-hydrogen) atoms. The van der Waals surface area contributed by atoms with Crippen LogP contribution in [0.4, 0.5) is 5.69 Å². The summed E-state index contributed by atoms with van der Waals surface area (Å²) in [4.78, 5) is 21.1. The van der Waals surface area contributed by atoms with Gasteiger partial charge in [0.05, 0.1) is 26.9 Å². The van der Waals surface area contributed by atoms with E-state index in [4.69, 9.17) is 4.98 Å². The van der Waals surface area contributed by atoms with E-state index in [-0.39, 0.29) is 11.5 Å². The zero-order valence-corrected chi connectivity index (χ0v) is 17.6. The van der Waals surface area contributed by atoms with Gasteiger partial charge in [0.25, 0.3) is 0 Å². The standard InChI is InChI=1S/C20H19N3OS3/c1-3-23(4-2)16-11-15(18-7-5-9-25-18)22-20(14(16)12-21)27-13-17(24)19-8-6-10-26-19/h5-11H,3-4,13H2,1-2H3. The molecular weight excluding hydrogens is 394 g/mol. The largest absolute Gasteiger partial charge is 0.371 e. The van der Waals surface area contributed by atoms with E-state index in [1.807, 2.05) is 41.1 Å². The van der Waals surface area contributed by atoms with Crippen LogP contribution >= 0.6 is 34.4 Å². The van der Waals surface area contributed by atoms with Crippen LogP contribution < -0.4 is 4.90 Å². The number of anilines is 1. The molecule has 0 aliphatic heterocycles. The maximum absolute atomic E-state index is 12.4. The molecule has 0 fully saturated rings. The van der Waals surface area contributed by atoms with Crippen LogP contribution in [0.5, 0.6) is 0 Å². The second-order valence-electron chi connectivity index (χ2n) is 5.66. The summed E-state index contributed by atoms with van der Waals surface area (Å²) >= 11 is 4.40. The highest BCUT2D eigenvalue weighted by Crippen LogP contribution is 2.35. The number of thioether (sulfide) groups is 1.